The van der Waals surface area contributed by atoms with E-state index in [0.717, 1.165) is 5.75 Å². The van der Waals surface area contributed by atoms with Crippen LogP contribution in [-0.4, -0.2) is 24.1 Å². The standard InChI is InChI=1S/C15H15ClN2O3/c1-2-20-11-6-8-12(9-7-11)21-10-15(19)18-14-5-3-4-13(16)17-14/h3-9H,2,10H2,1H3,(H,17,18,19). The first kappa shape index (κ1) is 15.1. The lowest BCUT2D eigenvalue weighted by Crippen LogP contribution is -2.20. The zero-order valence-corrected chi connectivity index (χ0v) is 12.3. The van der Waals surface area contributed by atoms with Gasteiger partial charge in [-0.15, -0.1) is 0 Å². The molecule has 110 valence electrons. The summed E-state index contributed by atoms with van der Waals surface area (Å²) in [7, 11) is 0. The van der Waals surface area contributed by atoms with E-state index in [9.17, 15) is 4.79 Å². The first-order valence-electron chi connectivity index (χ1n) is 6.45. The summed E-state index contributed by atoms with van der Waals surface area (Å²) in [4.78, 5) is 15.7. The summed E-state index contributed by atoms with van der Waals surface area (Å²) in [6.45, 7) is 2.41. The third kappa shape index (κ3) is 4.96. The number of nitrogens with one attached hydrogen (secondary N) is 1. The van der Waals surface area contributed by atoms with Crippen molar-refractivity contribution < 1.29 is 14.3 Å². The van der Waals surface area contributed by atoms with Gasteiger partial charge >= 0.3 is 0 Å². The van der Waals surface area contributed by atoms with E-state index in [1.165, 1.54) is 0 Å². The normalized spacial score (nSPS) is 10.0. The number of nitrogens with zero attached hydrogens (tertiary/aromatic N) is 1. The molecule has 0 aliphatic rings. The van der Waals surface area contributed by atoms with Gasteiger partial charge in [0.25, 0.3) is 5.91 Å². The van der Waals surface area contributed by atoms with Crippen LogP contribution in [0.4, 0.5) is 5.82 Å². The third-order valence-electron chi connectivity index (χ3n) is 2.49. The molecule has 1 aromatic heterocycles. The van der Waals surface area contributed by atoms with Crippen molar-refractivity contribution in [2.75, 3.05) is 18.5 Å². The zero-order chi connectivity index (χ0) is 15.1. The largest absolute Gasteiger partial charge is 0.494 e. The molecule has 1 amide bonds. The molecule has 0 saturated heterocycles. The van der Waals surface area contributed by atoms with Gasteiger partial charge in [0.1, 0.15) is 22.5 Å². The van der Waals surface area contributed by atoms with Gasteiger partial charge in [-0.25, -0.2) is 4.98 Å². The van der Waals surface area contributed by atoms with Crippen LogP contribution in [0, 0.1) is 0 Å². The van der Waals surface area contributed by atoms with Crippen molar-refractivity contribution in [2.45, 2.75) is 6.92 Å². The highest BCUT2D eigenvalue weighted by atomic mass is 35.5. The Morgan fingerprint density at radius 3 is 2.43 bits per heavy atom. The maximum atomic E-state index is 11.7. The maximum Gasteiger partial charge on any atom is 0.263 e. The molecule has 0 spiro atoms. The van der Waals surface area contributed by atoms with Gasteiger partial charge in [0.05, 0.1) is 6.61 Å². The minimum atomic E-state index is -0.307. The molecule has 0 aliphatic carbocycles. The lowest BCUT2D eigenvalue weighted by atomic mass is 10.3. The number of carbonyl (C=O) groups is 1. The number of rotatable bonds is 6. The molecule has 0 unspecified atom stereocenters. The zero-order valence-electron chi connectivity index (χ0n) is 11.5. The molecule has 0 radical (unpaired) electrons. The number of ether oxygens (including phenoxy) is 2. The highest BCUT2D eigenvalue weighted by Crippen LogP contribution is 2.17. The number of hydrogen-bond acceptors (Lipinski definition) is 4. The topological polar surface area (TPSA) is 60.5 Å². The van der Waals surface area contributed by atoms with E-state index in [2.05, 4.69) is 10.3 Å². The number of aromatic nitrogens is 1. The van der Waals surface area contributed by atoms with Crippen LogP contribution in [0.15, 0.2) is 42.5 Å². The SMILES string of the molecule is CCOc1ccc(OCC(=O)Nc2cccc(Cl)n2)cc1. The lowest BCUT2D eigenvalue weighted by Gasteiger charge is -2.08. The molecule has 2 rings (SSSR count). The summed E-state index contributed by atoms with van der Waals surface area (Å²) >= 11 is 5.74. The summed E-state index contributed by atoms with van der Waals surface area (Å²) in [5, 5.41) is 2.92. The van der Waals surface area contributed by atoms with Crippen LogP contribution in [0.5, 0.6) is 11.5 Å². The minimum Gasteiger partial charge on any atom is -0.494 e. The fourth-order valence-corrected chi connectivity index (χ4v) is 1.77. The van der Waals surface area contributed by atoms with Gasteiger partial charge in [-0.05, 0) is 43.3 Å². The number of pyridine rings is 1. The van der Waals surface area contributed by atoms with Crippen molar-refractivity contribution >= 4 is 23.3 Å². The number of halogens is 1. The smallest absolute Gasteiger partial charge is 0.263 e. The first-order chi connectivity index (χ1) is 10.2. The van der Waals surface area contributed by atoms with Crippen LogP contribution >= 0.6 is 11.6 Å². The molecular formula is C15H15ClN2O3. The van der Waals surface area contributed by atoms with Crippen LogP contribution in [0.2, 0.25) is 5.15 Å². The molecule has 0 saturated carbocycles. The van der Waals surface area contributed by atoms with E-state index in [1.54, 1.807) is 42.5 Å². The van der Waals surface area contributed by atoms with Crippen LogP contribution in [-0.2, 0) is 4.79 Å². The molecule has 0 aliphatic heterocycles. The Hall–Kier alpha value is -2.27. The summed E-state index contributed by atoms with van der Waals surface area (Å²) < 4.78 is 10.7. The molecule has 0 fully saturated rings. The second kappa shape index (κ2) is 7.50. The van der Waals surface area contributed by atoms with Crippen LogP contribution in [0.3, 0.4) is 0 Å². The molecule has 2 aromatic rings. The van der Waals surface area contributed by atoms with E-state index in [1.807, 2.05) is 6.92 Å². The van der Waals surface area contributed by atoms with Crippen LogP contribution < -0.4 is 14.8 Å². The Kier molecular flexibility index (Phi) is 5.40. The molecule has 6 heteroatoms. The van der Waals surface area contributed by atoms with Crippen molar-refractivity contribution in [1.82, 2.24) is 4.98 Å². The van der Waals surface area contributed by atoms with E-state index < -0.39 is 0 Å². The molecule has 21 heavy (non-hydrogen) atoms. The number of carbonyl (C=O) groups excluding carboxylic acids is 1. The molecule has 0 bridgehead atoms. The second-order valence-electron chi connectivity index (χ2n) is 4.09. The Labute approximate surface area is 127 Å². The number of hydrogen-bond donors (Lipinski definition) is 1. The molecular weight excluding hydrogens is 292 g/mol. The van der Waals surface area contributed by atoms with Gasteiger partial charge in [-0.1, -0.05) is 17.7 Å². The first-order valence-corrected chi connectivity index (χ1v) is 6.83. The highest BCUT2D eigenvalue weighted by molar-refractivity contribution is 6.29. The van der Waals surface area contributed by atoms with Crippen molar-refractivity contribution in [1.29, 1.82) is 0 Å². The van der Waals surface area contributed by atoms with Gasteiger partial charge in [0.2, 0.25) is 0 Å². The summed E-state index contributed by atoms with van der Waals surface area (Å²) in [5.74, 6) is 1.44. The average Bonchev–Trinajstić information content (AvgIpc) is 2.47. The van der Waals surface area contributed by atoms with Gasteiger partial charge in [0.15, 0.2) is 6.61 Å². The fourth-order valence-electron chi connectivity index (χ4n) is 1.60. The van der Waals surface area contributed by atoms with Crippen LogP contribution in [0.25, 0.3) is 0 Å². The Morgan fingerprint density at radius 2 is 1.81 bits per heavy atom. The lowest BCUT2D eigenvalue weighted by molar-refractivity contribution is -0.118. The van der Waals surface area contributed by atoms with E-state index in [4.69, 9.17) is 21.1 Å². The quantitative estimate of drug-likeness (QED) is 0.833. The molecule has 1 N–H and O–H groups in total. The summed E-state index contributed by atoms with van der Waals surface area (Å²) in [6.07, 6.45) is 0. The van der Waals surface area contributed by atoms with Gasteiger partial charge in [-0.2, -0.15) is 0 Å². The monoisotopic (exact) mass is 306 g/mol. The number of anilines is 1. The molecule has 1 aromatic carbocycles. The number of benzene rings is 1. The van der Waals surface area contributed by atoms with Crippen molar-refractivity contribution in [3.8, 4) is 11.5 Å². The Balaban J connectivity index is 1.83. The van der Waals surface area contributed by atoms with E-state index in [-0.39, 0.29) is 12.5 Å². The summed E-state index contributed by atoms with van der Waals surface area (Å²) in [6, 6.07) is 12.1. The Morgan fingerprint density at radius 1 is 1.14 bits per heavy atom. The number of amides is 1. The van der Waals surface area contributed by atoms with Crippen molar-refractivity contribution in [2.24, 2.45) is 0 Å². The molecule has 0 atom stereocenters. The maximum absolute atomic E-state index is 11.7. The van der Waals surface area contributed by atoms with Gasteiger partial charge < -0.3 is 14.8 Å². The summed E-state index contributed by atoms with van der Waals surface area (Å²) in [5.41, 5.74) is 0. The molecule has 5 nitrogen and oxygen atoms in total. The van der Waals surface area contributed by atoms with Gasteiger partial charge in [-0.3, -0.25) is 4.79 Å². The predicted octanol–water partition coefficient (Wildman–Crippen LogP) is 3.15. The van der Waals surface area contributed by atoms with E-state index >= 15 is 0 Å². The van der Waals surface area contributed by atoms with Gasteiger partial charge in [0, 0.05) is 0 Å². The van der Waals surface area contributed by atoms with Crippen molar-refractivity contribution in [3.05, 3.63) is 47.6 Å². The van der Waals surface area contributed by atoms with E-state index in [0.29, 0.717) is 23.3 Å². The minimum absolute atomic E-state index is 0.109. The second-order valence-corrected chi connectivity index (χ2v) is 4.47. The molecule has 1 heterocycles. The van der Waals surface area contributed by atoms with Crippen molar-refractivity contribution in [3.63, 3.8) is 0 Å². The van der Waals surface area contributed by atoms with Crippen LogP contribution in [0.1, 0.15) is 6.92 Å². The third-order valence-corrected chi connectivity index (χ3v) is 2.70. The average molecular weight is 307 g/mol. The highest BCUT2D eigenvalue weighted by Gasteiger charge is 2.05. The fraction of sp³-hybridized carbons (Fsp3) is 0.200. The predicted molar refractivity (Wildman–Crippen MR) is 81.0 cm³/mol. The Bertz CT molecular complexity index is 602.